The Morgan fingerprint density at radius 1 is 0.194 bits per heavy atom. The third-order valence-corrected chi connectivity index (χ3v) is 28.8. The van der Waals surface area contributed by atoms with Gasteiger partial charge in [0.1, 0.15) is 0 Å². The second kappa shape index (κ2) is 55.1. The molecule has 0 aliphatic carbocycles. The third-order valence-electron chi connectivity index (χ3n) is 17.0. The van der Waals surface area contributed by atoms with Crippen LogP contribution in [0.4, 0.5) is 0 Å². The first-order valence-electron chi connectivity index (χ1n) is 36.4. The number of benzene rings is 8. The van der Waals surface area contributed by atoms with Gasteiger partial charge < -0.3 is 49.0 Å². The Hall–Kier alpha value is -3.52. The lowest BCUT2D eigenvalue weighted by Gasteiger charge is -2.23. The maximum atomic E-state index is 4.84. The van der Waals surface area contributed by atoms with Gasteiger partial charge in [-0.15, -0.1) is 0 Å². The summed E-state index contributed by atoms with van der Waals surface area (Å²) in [5.41, 5.74) is 17.4. The zero-order chi connectivity index (χ0) is 76.4. The van der Waals surface area contributed by atoms with Crippen LogP contribution in [0.25, 0.3) is 0 Å². The molecule has 0 aliphatic heterocycles. The molecule has 10 nitrogen and oxygen atoms in total. The van der Waals surface area contributed by atoms with Crippen molar-refractivity contribution in [1.82, 2.24) is 49.0 Å². The van der Waals surface area contributed by atoms with Gasteiger partial charge in [0.05, 0.1) is 0 Å². The topological polar surface area (TPSA) is 32.4 Å². The highest BCUT2D eigenvalue weighted by atomic mass is 32.1. The van der Waals surface area contributed by atoms with Gasteiger partial charge in [0.15, 0.2) is 0 Å². The summed E-state index contributed by atoms with van der Waals surface area (Å²) in [7, 11) is 40.8. The Morgan fingerprint density at radius 2 is 0.389 bits per heavy atom. The summed E-state index contributed by atoms with van der Waals surface area (Å²) in [6.45, 7) is 10.1. The normalized spacial score (nSPS) is 11.4. The van der Waals surface area contributed by atoms with Crippen molar-refractivity contribution in [3.63, 3.8) is 0 Å². The van der Waals surface area contributed by atoms with E-state index in [1.54, 1.807) is 0 Å². The van der Waals surface area contributed by atoms with Gasteiger partial charge in [-0.25, -0.2) is 0 Å². The largest absolute Gasteiger partial charge is 0.309 e. The van der Waals surface area contributed by atoms with Gasteiger partial charge in [-0.05, 0) is 333 Å². The lowest BCUT2D eigenvalue weighted by molar-refractivity contribution is 0.396. The first kappa shape index (κ1) is 102. The Bertz CT molecular complexity index is 3420. The van der Waals surface area contributed by atoms with E-state index in [0.29, 0.717) is 0 Å². The summed E-state index contributed by atoms with van der Waals surface area (Å²) in [5, 5.41) is 11.4. The Morgan fingerprint density at radius 3 is 0.620 bits per heavy atom. The monoisotopic (exact) mass is 1620 g/mol. The van der Waals surface area contributed by atoms with Gasteiger partial charge in [0.25, 0.3) is 0 Å². The molecule has 8 aromatic carbocycles. The summed E-state index contributed by atoms with van der Waals surface area (Å²) in [4.78, 5) is 22.3. The summed E-state index contributed by atoms with van der Waals surface area (Å²) >= 11 is 18.8. The molecule has 0 saturated carbocycles. The fraction of sp³-hybridized carbons (Fsp3) is 0.467. The summed E-state index contributed by atoms with van der Waals surface area (Å²) < 4.78 is 0. The van der Waals surface area contributed by atoms with Crippen LogP contribution in [0.2, 0.25) is 0 Å². The van der Waals surface area contributed by atoms with Crippen LogP contribution >= 0.6 is 82.2 Å². The second-order valence-electron chi connectivity index (χ2n) is 29.9. The summed E-state index contributed by atoms with van der Waals surface area (Å²) in [5.74, 6) is 0. The fourth-order valence-electron chi connectivity index (χ4n) is 12.1. The molecular formula is C90H146N10P4S4. The van der Waals surface area contributed by atoms with Gasteiger partial charge in [-0.3, -0.25) is 0 Å². The van der Waals surface area contributed by atoms with Crippen LogP contribution in [-0.4, -0.2) is 238 Å². The maximum absolute atomic E-state index is 4.84. The summed E-state index contributed by atoms with van der Waals surface area (Å²) in [6, 6.07) is 68.8. The molecule has 0 spiro atoms. The number of likely N-dealkylation sites (N-methyl/N-ethyl adjacent to an activating group) is 4. The van der Waals surface area contributed by atoms with Gasteiger partial charge in [0.2, 0.25) is 0 Å². The minimum Gasteiger partial charge on any atom is -0.309 e. The molecule has 0 N–H and O–H groups in total. The molecule has 8 aromatic rings. The SMILES string of the molecule is C.C.C.C.CN(C)CCc1ccc(P(CS)c2ccc(CCN(C)C)cc2)cc1.CN(C)CCc1cccc(P(CS)c2cccc(CCN(C)C)c2)c1.CN(C)Cc1cc(CN(C)C)cc(P(CS)c2cc(CN(C)C)cc(CN(C)C)c2)c1.CN(C)Cc1cccc(P(CS)c2cccc(CN(C)C)c2)c1. The van der Waals surface area contributed by atoms with Crippen LogP contribution in [0.5, 0.6) is 0 Å². The van der Waals surface area contributed by atoms with E-state index < -0.39 is 23.8 Å². The van der Waals surface area contributed by atoms with Crippen molar-refractivity contribution in [3.8, 4) is 0 Å². The van der Waals surface area contributed by atoms with E-state index in [4.69, 9.17) is 12.6 Å². The molecule has 108 heavy (non-hydrogen) atoms. The van der Waals surface area contributed by atoms with Gasteiger partial charge in [0, 0.05) is 87.4 Å². The van der Waals surface area contributed by atoms with Crippen LogP contribution in [0.1, 0.15) is 85.3 Å². The molecule has 0 bridgehead atoms. The maximum Gasteiger partial charge on any atom is 0.0227 e. The molecular weight excluding hydrogens is 1470 g/mol. The predicted molar refractivity (Wildman–Crippen MR) is 512 cm³/mol. The minimum absolute atomic E-state index is 0. The number of rotatable bonds is 36. The standard InChI is InChI=1S/C25H41N4PS.2C21H31N2PS.C19H27N2PS.4CH4/c1-26(2)15-20-9-21(16-27(3)4)12-24(11-20)30(19-31)25-13-22(17-28(5)6)10-23(14-25)18-29(7)8;1-22(2)15-13-18-5-9-20(10-6-18)24(17-25)21-11-7-19(8-12-21)14-16-23(3)4;1-22(2)13-11-18-7-5-9-20(15-18)24(17-25)21-10-6-8-19(16-21)12-14-23(3)4;1-20(2)13-16-7-5-9-18(11-16)22(15-23)19-10-6-8-17(12-19)14-21(3)4;;;;/h9-14,31H,15-19H2,1-8H3;5-12,25H,13-17H2,1-4H3;5-10,15-16,25H,11-14,17H2,1-4H3;5-12,23H,13-15H2,1-4H3;4*1H4. The Kier molecular flexibility index (Phi) is 52.3. The van der Waals surface area contributed by atoms with Crippen LogP contribution in [0.3, 0.4) is 0 Å². The molecule has 0 unspecified atom stereocenters. The molecule has 0 saturated heterocycles. The molecule has 0 atom stereocenters. The van der Waals surface area contributed by atoms with E-state index in [0.717, 1.165) is 113 Å². The average Bonchev–Trinajstić information content (AvgIpc) is 0.808. The number of nitrogens with zero attached hydrogens (tertiary/aromatic N) is 10. The van der Waals surface area contributed by atoms with E-state index in [9.17, 15) is 0 Å². The van der Waals surface area contributed by atoms with Crippen molar-refractivity contribution in [2.45, 2.75) is 94.7 Å². The zero-order valence-electron chi connectivity index (χ0n) is 67.1. The molecule has 0 radical (unpaired) electrons. The van der Waals surface area contributed by atoms with Crippen molar-refractivity contribution in [2.24, 2.45) is 0 Å². The van der Waals surface area contributed by atoms with Crippen LogP contribution in [-0.2, 0) is 65.0 Å². The van der Waals surface area contributed by atoms with Gasteiger partial charge >= 0.3 is 0 Å². The van der Waals surface area contributed by atoms with E-state index >= 15 is 0 Å². The van der Waals surface area contributed by atoms with Crippen molar-refractivity contribution in [3.05, 3.63) is 238 Å². The van der Waals surface area contributed by atoms with E-state index in [2.05, 4.69) is 410 Å². The number of hydrogen-bond acceptors (Lipinski definition) is 14. The van der Waals surface area contributed by atoms with Gasteiger partial charge in [-0.2, -0.15) is 50.5 Å². The molecule has 18 heteroatoms. The highest BCUT2D eigenvalue weighted by molar-refractivity contribution is 7.94. The lowest BCUT2D eigenvalue weighted by atomic mass is 10.1. The van der Waals surface area contributed by atoms with Crippen LogP contribution in [0.15, 0.2) is 182 Å². The molecule has 0 aliphatic rings. The zero-order valence-corrected chi connectivity index (χ0v) is 74.3. The third kappa shape index (κ3) is 39.0. The highest BCUT2D eigenvalue weighted by Gasteiger charge is 2.20. The fourth-order valence-corrected chi connectivity index (χ4v) is 23.2. The molecule has 0 heterocycles. The Labute approximate surface area is 689 Å². The van der Waals surface area contributed by atoms with Crippen LogP contribution < -0.4 is 42.4 Å². The van der Waals surface area contributed by atoms with Crippen molar-refractivity contribution >= 4 is 125 Å². The first-order chi connectivity index (χ1) is 49.5. The molecule has 0 aromatic heterocycles. The molecule has 0 fully saturated rings. The summed E-state index contributed by atoms with van der Waals surface area (Å²) in [6.07, 6.45) is 4.40. The van der Waals surface area contributed by atoms with Crippen molar-refractivity contribution in [2.75, 3.05) is 189 Å². The number of thiol groups is 4. The molecule has 600 valence electrons. The predicted octanol–water partition coefficient (Wildman–Crippen LogP) is 15.4. The Balaban J connectivity index is 0.000000715. The first-order valence-corrected chi connectivity index (χ1v) is 45.0. The van der Waals surface area contributed by atoms with Gasteiger partial charge in [-0.1, -0.05) is 175 Å². The quantitative estimate of drug-likeness (QED) is 0.0225. The second-order valence-corrected chi connectivity index (χ2v) is 42.0. The van der Waals surface area contributed by atoms with E-state index in [-0.39, 0.29) is 37.6 Å². The molecule has 8 rings (SSSR count). The van der Waals surface area contributed by atoms with E-state index in [1.165, 1.54) is 98.1 Å². The van der Waals surface area contributed by atoms with E-state index in [1.807, 2.05) is 0 Å². The van der Waals surface area contributed by atoms with Crippen molar-refractivity contribution < 1.29 is 0 Å². The minimum atomic E-state index is -0.523. The van der Waals surface area contributed by atoms with Crippen LogP contribution in [0, 0.1) is 0 Å². The van der Waals surface area contributed by atoms with Crippen molar-refractivity contribution in [1.29, 1.82) is 0 Å². The average molecular weight is 1620 g/mol. The molecule has 0 amide bonds. The smallest absolute Gasteiger partial charge is 0.0227 e. The lowest BCUT2D eigenvalue weighted by Crippen LogP contribution is -2.21. The number of hydrogen-bond donors (Lipinski definition) is 4. The highest BCUT2D eigenvalue weighted by Crippen LogP contribution is 2.39.